The van der Waals surface area contributed by atoms with Crippen molar-refractivity contribution in [2.24, 2.45) is 11.7 Å². The quantitative estimate of drug-likeness (QED) is 0.126. The largest absolute Gasteiger partial charge is 0.491 e. The van der Waals surface area contributed by atoms with Crippen LogP contribution in [0.25, 0.3) is 0 Å². The number of carbonyl (C=O) groups is 2. The van der Waals surface area contributed by atoms with Crippen LogP contribution in [0, 0.1) is 16.0 Å². The lowest BCUT2D eigenvalue weighted by Gasteiger charge is -2.31. The highest BCUT2D eigenvalue weighted by Crippen LogP contribution is 2.44. The number of dihydropyridines is 1. The summed E-state index contributed by atoms with van der Waals surface area (Å²) in [5.74, 6) is -3.27. The fourth-order valence-corrected chi connectivity index (χ4v) is 4.54. The highest BCUT2D eigenvalue weighted by Gasteiger charge is 2.47. The maximum atomic E-state index is 14.0. The van der Waals surface area contributed by atoms with Crippen molar-refractivity contribution in [2.45, 2.75) is 45.0 Å². The van der Waals surface area contributed by atoms with Crippen LogP contribution in [0.4, 0.5) is 18.9 Å². The number of rotatable bonds is 13. The zero-order chi connectivity index (χ0) is 33.5. The number of non-ortho nitro benzene ring substituents is 1. The average molecular weight is 638 g/mol. The van der Waals surface area contributed by atoms with Crippen LogP contribution >= 0.6 is 0 Å². The Labute approximate surface area is 256 Å². The molecule has 1 heterocycles. The Balaban J connectivity index is 1.75. The Morgan fingerprint density at radius 1 is 1.04 bits per heavy atom. The lowest BCUT2D eigenvalue weighted by atomic mass is 9.80. The van der Waals surface area contributed by atoms with E-state index in [2.05, 4.69) is 10.1 Å². The second kappa shape index (κ2) is 14.9. The van der Waals surface area contributed by atoms with Crippen molar-refractivity contribution in [2.75, 3.05) is 26.9 Å². The van der Waals surface area contributed by atoms with Crippen LogP contribution in [-0.4, -0.2) is 67.2 Å². The first kappa shape index (κ1) is 34.9. The van der Waals surface area contributed by atoms with E-state index in [1.165, 1.54) is 19.1 Å². The number of aliphatic hydroxyl groups excluding tert-OH is 1. The van der Waals surface area contributed by atoms with Crippen molar-refractivity contribution in [3.05, 3.63) is 86.7 Å². The number of hydrogen-bond donors (Lipinski definition) is 3. The summed E-state index contributed by atoms with van der Waals surface area (Å²) in [5.41, 5.74) is 2.26. The summed E-state index contributed by atoms with van der Waals surface area (Å²) in [4.78, 5) is 36.6. The third kappa shape index (κ3) is 8.73. The van der Waals surface area contributed by atoms with Gasteiger partial charge in [-0.15, -0.1) is 0 Å². The van der Waals surface area contributed by atoms with Crippen molar-refractivity contribution in [1.29, 1.82) is 0 Å². The van der Waals surface area contributed by atoms with Crippen LogP contribution in [0.2, 0.25) is 0 Å². The second-order valence-corrected chi connectivity index (χ2v) is 10.4. The van der Waals surface area contributed by atoms with E-state index < -0.39 is 58.1 Å². The first-order valence-electron chi connectivity index (χ1n) is 13.7. The van der Waals surface area contributed by atoms with Crippen molar-refractivity contribution in [1.82, 2.24) is 5.32 Å². The maximum Gasteiger partial charge on any atom is 0.431 e. The number of esters is 2. The highest BCUT2D eigenvalue weighted by atomic mass is 19.4. The Kier molecular flexibility index (Phi) is 11.5. The molecule has 45 heavy (non-hydrogen) atoms. The fourth-order valence-electron chi connectivity index (χ4n) is 4.54. The van der Waals surface area contributed by atoms with Crippen LogP contribution in [0.5, 0.6) is 11.5 Å². The standard InChI is InChI=1S/C30H34F3N3O9/c1-16(2)26(34)22(37)15-45-21-10-8-20(9-11-21)43-12-13-44-29(39)23-17(3)35-27(30(31,32)33)25(28(38)42-4)24(23)18-6-5-7-19(14-18)36(40)41/h5-11,14,16,22,24,26,35,37H,12-13,15,34H2,1-4H3. The fraction of sp³-hybridized carbons (Fsp3) is 0.400. The summed E-state index contributed by atoms with van der Waals surface area (Å²) in [6.45, 7) is 4.47. The molecule has 0 spiro atoms. The minimum Gasteiger partial charge on any atom is -0.491 e. The maximum absolute atomic E-state index is 14.0. The molecule has 12 nitrogen and oxygen atoms in total. The summed E-state index contributed by atoms with van der Waals surface area (Å²) >= 11 is 0. The Morgan fingerprint density at radius 3 is 2.22 bits per heavy atom. The molecule has 0 aromatic heterocycles. The van der Waals surface area contributed by atoms with Crippen molar-refractivity contribution >= 4 is 17.6 Å². The van der Waals surface area contributed by atoms with Gasteiger partial charge in [-0.1, -0.05) is 26.0 Å². The van der Waals surface area contributed by atoms with E-state index in [9.17, 15) is 38.0 Å². The molecule has 3 rings (SSSR count). The van der Waals surface area contributed by atoms with Crippen LogP contribution in [0.15, 0.2) is 71.1 Å². The number of nitrogens with zero attached hydrogens (tertiary/aromatic N) is 1. The molecule has 1 aliphatic heterocycles. The smallest absolute Gasteiger partial charge is 0.431 e. The number of alkyl halides is 3. The lowest BCUT2D eigenvalue weighted by molar-refractivity contribution is -0.384. The van der Waals surface area contributed by atoms with E-state index in [1.807, 2.05) is 13.8 Å². The SMILES string of the molecule is COC(=O)C1=C(C(F)(F)F)NC(C)=C(C(=O)OCCOc2ccc(OCC(O)C(N)C(C)C)cc2)C1c1cccc([N+](=O)[O-])c1. The molecule has 0 saturated carbocycles. The Morgan fingerprint density at radius 2 is 1.67 bits per heavy atom. The summed E-state index contributed by atoms with van der Waals surface area (Å²) in [5, 5.41) is 23.6. The number of halogens is 3. The van der Waals surface area contributed by atoms with E-state index in [0.717, 1.165) is 19.2 Å². The van der Waals surface area contributed by atoms with Gasteiger partial charge in [0.2, 0.25) is 0 Å². The summed E-state index contributed by atoms with van der Waals surface area (Å²) < 4.78 is 63.2. The molecular formula is C30H34F3N3O9. The molecule has 4 N–H and O–H groups in total. The molecule has 3 unspecified atom stereocenters. The van der Waals surface area contributed by atoms with Gasteiger partial charge < -0.3 is 35.1 Å². The number of nitro groups is 1. The molecule has 0 bridgehead atoms. The van der Waals surface area contributed by atoms with E-state index in [1.54, 1.807) is 24.3 Å². The second-order valence-electron chi connectivity index (χ2n) is 10.4. The summed E-state index contributed by atoms with van der Waals surface area (Å²) in [6, 6.07) is 10.5. The van der Waals surface area contributed by atoms with Gasteiger partial charge in [0.15, 0.2) is 0 Å². The third-order valence-corrected chi connectivity index (χ3v) is 6.93. The molecular weight excluding hydrogens is 603 g/mol. The Bertz CT molecular complexity index is 1460. The van der Waals surface area contributed by atoms with Crippen molar-refractivity contribution < 1.29 is 51.7 Å². The summed E-state index contributed by atoms with van der Waals surface area (Å²) in [7, 11) is 0.874. The number of aliphatic hydroxyl groups is 1. The predicted molar refractivity (Wildman–Crippen MR) is 154 cm³/mol. The molecule has 2 aromatic rings. The number of methoxy groups -OCH3 is 1. The van der Waals surface area contributed by atoms with Crippen LogP contribution in [0.1, 0.15) is 32.3 Å². The number of nitro benzene ring substituents is 1. The normalized spacial score (nSPS) is 16.5. The van der Waals surface area contributed by atoms with Gasteiger partial charge in [0.25, 0.3) is 5.69 Å². The minimum absolute atomic E-state index is 0.00566. The molecule has 0 saturated heterocycles. The molecule has 2 aromatic carbocycles. The molecule has 15 heteroatoms. The molecule has 3 atom stereocenters. The number of carbonyl (C=O) groups excluding carboxylic acids is 2. The topological polar surface area (TPSA) is 172 Å². The van der Waals surface area contributed by atoms with Crippen molar-refractivity contribution in [3.8, 4) is 11.5 Å². The lowest BCUT2D eigenvalue weighted by Crippen LogP contribution is -2.42. The van der Waals surface area contributed by atoms with Crippen molar-refractivity contribution in [3.63, 3.8) is 0 Å². The first-order valence-corrected chi connectivity index (χ1v) is 13.7. The molecule has 0 aliphatic carbocycles. The molecule has 0 radical (unpaired) electrons. The number of allylic oxidation sites excluding steroid dienone is 2. The van der Waals surface area contributed by atoms with E-state index >= 15 is 0 Å². The minimum atomic E-state index is -5.06. The average Bonchev–Trinajstić information content (AvgIpc) is 3.00. The number of nitrogens with two attached hydrogens (primary N) is 1. The molecule has 0 fully saturated rings. The number of hydrogen-bond acceptors (Lipinski definition) is 11. The van der Waals surface area contributed by atoms with E-state index in [0.29, 0.717) is 11.5 Å². The molecule has 0 amide bonds. The molecule has 244 valence electrons. The van der Waals surface area contributed by atoms with Gasteiger partial charge in [0, 0.05) is 23.9 Å². The van der Waals surface area contributed by atoms with Crippen LogP contribution < -0.4 is 20.5 Å². The highest BCUT2D eigenvalue weighted by molar-refractivity contribution is 6.00. The third-order valence-electron chi connectivity index (χ3n) is 6.93. The Hall–Kier alpha value is -4.63. The van der Waals surface area contributed by atoms with Gasteiger partial charge in [-0.05, 0) is 42.7 Å². The van der Waals surface area contributed by atoms with Gasteiger partial charge in [-0.25, -0.2) is 9.59 Å². The zero-order valence-electron chi connectivity index (χ0n) is 24.9. The predicted octanol–water partition coefficient (Wildman–Crippen LogP) is 3.89. The van der Waals surface area contributed by atoms with E-state index in [-0.39, 0.29) is 42.6 Å². The van der Waals surface area contributed by atoms with Crippen LogP contribution in [0.3, 0.4) is 0 Å². The number of ether oxygens (including phenoxy) is 4. The monoisotopic (exact) mass is 637 g/mol. The zero-order valence-corrected chi connectivity index (χ0v) is 24.9. The first-order chi connectivity index (χ1) is 21.1. The molecule has 1 aliphatic rings. The number of benzene rings is 2. The van der Waals surface area contributed by atoms with Gasteiger partial charge in [-0.3, -0.25) is 10.1 Å². The summed E-state index contributed by atoms with van der Waals surface area (Å²) in [6.07, 6.45) is -5.92. The van der Waals surface area contributed by atoms with Gasteiger partial charge in [0.1, 0.15) is 43.1 Å². The van der Waals surface area contributed by atoms with Gasteiger partial charge >= 0.3 is 18.1 Å². The van der Waals surface area contributed by atoms with E-state index in [4.69, 9.17) is 19.9 Å². The van der Waals surface area contributed by atoms with Crippen LogP contribution in [-0.2, 0) is 19.1 Å². The number of nitrogens with one attached hydrogen (secondary N) is 1. The van der Waals surface area contributed by atoms with Gasteiger partial charge in [0.05, 0.1) is 29.1 Å². The van der Waals surface area contributed by atoms with Gasteiger partial charge in [-0.2, -0.15) is 13.2 Å².